The van der Waals surface area contributed by atoms with E-state index in [0.29, 0.717) is 6.61 Å². The number of fused-ring (bicyclic) bond motifs is 1. The Balaban J connectivity index is 1.80. The van der Waals surface area contributed by atoms with Crippen LogP contribution in [0.2, 0.25) is 0 Å². The molecular formula is C17H19NO2. The van der Waals surface area contributed by atoms with Gasteiger partial charge in [-0.25, -0.2) is 0 Å². The smallest absolute Gasteiger partial charge is 0.122 e. The molecule has 0 aliphatic carbocycles. The summed E-state index contributed by atoms with van der Waals surface area (Å²) in [6.07, 6.45) is 0.953. The van der Waals surface area contributed by atoms with E-state index in [2.05, 4.69) is 6.07 Å². The highest BCUT2D eigenvalue weighted by Gasteiger charge is 2.26. The molecule has 1 aliphatic heterocycles. The Hall–Kier alpha value is -2.00. The van der Waals surface area contributed by atoms with Crippen molar-refractivity contribution in [1.29, 1.82) is 0 Å². The fourth-order valence-corrected chi connectivity index (χ4v) is 2.70. The SMILES string of the molecule is COc1cccc(C(N)C2COc3ccccc3C2)c1. The maximum absolute atomic E-state index is 6.41. The number of benzene rings is 2. The highest BCUT2D eigenvalue weighted by molar-refractivity contribution is 5.36. The lowest BCUT2D eigenvalue weighted by Gasteiger charge is -2.29. The van der Waals surface area contributed by atoms with Gasteiger partial charge < -0.3 is 15.2 Å². The van der Waals surface area contributed by atoms with Crippen LogP contribution >= 0.6 is 0 Å². The molecule has 1 heterocycles. The fourth-order valence-electron chi connectivity index (χ4n) is 2.70. The summed E-state index contributed by atoms with van der Waals surface area (Å²) in [4.78, 5) is 0. The van der Waals surface area contributed by atoms with Gasteiger partial charge >= 0.3 is 0 Å². The second kappa shape index (κ2) is 5.55. The number of methoxy groups -OCH3 is 1. The largest absolute Gasteiger partial charge is 0.497 e. The minimum absolute atomic E-state index is 0.0431. The second-order valence-corrected chi connectivity index (χ2v) is 5.19. The zero-order valence-corrected chi connectivity index (χ0v) is 11.6. The minimum atomic E-state index is -0.0431. The first-order chi connectivity index (χ1) is 9.78. The van der Waals surface area contributed by atoms with Crippen LogP contribution in [-0.4, -0.2) is 13.7 Å². The molecule has 0 bridgehead atoms. The van der Waals surface area contributed by atoms with E-state index in [9.17, 15) is 0 Å². The minimum Gasteiger partial charge on any atom is -0.497 e. The molecule has 0 radical (unpaired) electrons. The third-order valence-corrected chi connectivity index (χ3v) is 3.89. The van der Waals surface area contributed by atoms with Gasteiger partial charge in [-0.05, 0) is 35.7 Å². The van der Waals surface area contributed by atoms with Crippen molar-refractivity contribution in [1.82, 2.24) is 0 Å². The standard InChI is InChI=1S/C17H19NO2/c1-19-15-7-4-6-13(10-15)17(18)14-9-12-5-2-3-8-16(12)20-11-14/h2-8,10,14,17H,9,11,18H2,1H3. The van der Waals surface area contributed by atoms with E-state index < -0.39 is 0 Å². The zero-order chi connectivity index (χ0) is 13.9. The second-order valence-electron chi connectivity index (χ2n) is 5.19. The molecule has 0 saturated carbocycles. The topological polar surface area (TPSA) is 44.5 Å². The molecule has 2 atom stereocenters. The summed E-state index contributed by atoms with van der Waals surface area (Å²) in [5.74, 6) is 2.12. The lowest BCUT2D eigenvalue weighted by molar-refractivity contribution is 0.200. The normalized spacial score (nSPS) is 18.8. The molecule has 2 N–H and O–H groups in total. The number of hydrogen-bond donors (Lipinski definition) is 1. The number of nitrogens with two attached hydrogens (primary N) is 1. The van der Waals surface area contributed by atoms with Gasteiger partial charge in [-0.15, -0.1) is 0 Å². The van der Waals surface area contributed by atoms with Crippen LogP contribution in [0.15, 0.2) is 48.5 Å². The van der Waals surface area contributed by atoms with Crippen molar-refractivity contribution < 1.29 is 9.47 Å². The van der Waals surface area contributed by atoms with Crippen molar-refractivity contribution in [3.63, 3.8) is 0 Å². The van der Waals surface area contributed by atoms with Gasteiger partial charge in [0, 0.05) is 12.0 Å². The predicted molar refractivity (Wildman–Crippen MR) is 79.1 cm³/mol. The quantitative estimate of drug-likeness (QED) is 0.931. The van der Waals surface area contributed by atoms with E-state index in [1.165, 1.54) is 5.56 Å². The molecule has 0 spiro atoms. The highest BCUT2D eigenvalue weighted by atomic mass is 16.5. The van der Waals surface area contributed by atoms with Crippen molar-refractivity contribution in [3.05, 3.63) is 59.7 Å². The molecule has 3 nitrogen and oxygen atoms in total. The van der Waals surface area contributed by atoms with E-state index in [4.69, 9.17) is 15.2 Å². The van der Waals surface area contributed by atoms with Crippen LogP contribution in [-0.2, 0) is 6.42 Å². The van der Waals surface area contributed by atoms with E-state index in [0.717, 1.165) is 23.5 Å². The molecule has 0 amide bonds. The van der Waals surface area contributed by atoms with E-state index in [1.54, 1.807) is 7.11 Å². The van der Waals surface area contributed by atoms with Gasteiger partial charge in [0.2, 0.25) is 0 Å². The summed E-state index contributed by atoms with van der Waals surface area (Å²) in [6, 6.07) is 16.1. The predicted octanol–water partition coefficient (Wildman–Crippen LogP) is 2.95. The van der Waals surface area contributed by atoms with Gasteiger partial charge in [0.05, 0.1) is 13.7 Å². The maximum atomic E-state index is 6.41. The number of para-hydroxylation sites is 1. The lowest BCUT2D eigenvalue weighted by atomic mass is 9.87. The van der Waals surface area contributed by atoms with Gasteiger partial charge in [-0.2, -0.15) is 0 Å². The summed E-state index contributed by atoms with van der Waals surface area (Å²) in [6.45, 7) is 0.662. The van der Waals surface area contributed by atoms with Crippen LogP contribution in [0.3, 0.4) is 0 Å². The molecule has 0 saturated heterocycles. The van der Waals surface area contributed by atoms with Gasteiger partial charge in [-0.1, -0.05) is 30.3 Å². The van der Waals surface area contributed by atoms with Gasteiger partial charge in [-0.3, -0.25) is 0 Å². The Labute approximate surface area is 119 Å². The van der Waals surface area contributed by atoms with Crippen molar-refractivity contribution in [3.8, 4) is 11.5 Å². The number of rotatable bonds is 3. The van der Waals surface area contributed by atoms with Gasteiger partial charge in [0.15, 0.2) is 0 Å². The van der Waals surface area contributed by atoms with Crippen LogP contribution in [0.1, 0.15) is 17.2 Å². The number of hydrogen-bond acceptors (Lipinski definition) is 3. The molecule has 0 aromatic heterocycles. The van der Waals surface area contributed by atoms with Crippen LogP contribution in [0.25, 0.3) is 0 Å². The van der Waals surface area contributed by atoms with E-state index >= 15 is 0 Å². The third kappa shape index (κ3) is 2.49. The molecule has 2 unspecified atom stereocenters. The molecule has 1 aliphatic rings. The Morgan fingerprint density at radius 1 is 1.20 bits per heavy atom. The molecule has 2 aromatic rings. The van der Waals surface area contributed by atoms with Crippen molar-refractivity contribution in [2.45, 2.75) is 12.5 Å². The summed E-state index contributed by atoms with van der Waals surface area (Å²) in [7, 11) is 1.67. The Morgan fingerprint density at radius 3 is 2.90 bits per heavy atom. The first kappa shape index (κ1) is 13.0. The van der Waals surface area contributed by atoms with Gasteiger partial charge in [0.1, 0.15) is 11.5 Å². The van der Waals surface area contributed by atoms with Crippen LogP contribution in [0.4, 0.5) is 0 Å². The van der Waals surface area contributed by atoms with Crippen LogP contribution in [0, 0.1) is 5.92 Å². The molecule has 0 fully saturated rings. The Bertz CT molecular complexity index is 597. The molecule has 104 valence electrons. The van der Waals surface area contributed by atoms with Crippen LogP contribution < -0.4 is 15.2 Å². The van der Waals surface area contributed by atoms with E-state index in [-0.39, 0.29) is 12.0 Å². The zero-order valence-electron chi connectivity index (χ0n) is 11.6. The summed E-state index contributed by atoms with van der Waals surface area (Å²) in [5, 5.41) is 0. The summed E-state index contributed by atoms with van der Waals surface area (Å²) < 4.78 is 11.1. The third-order valence-electron chi connectivity index (χ3n) is 3.89. The maximum Gasteiger partial charge on any atom is 0.122 e. The number of ether oxygens (including phenoxy) is 2. The first-order valence-electron chi connectivity index (χ1n) is 6.88. The Kier molecular flexibility index (Phi) is 3.61. The monoisotopic (exact) mass is 269 g/mol. The molecular weight excluding hydrogens is 250 g/mol. The fraction of sp³-hybridized carbons (Fsp3) is 0.294. The van der Waals surface area contributed by atoms with Crippen LogP contribution in [0.5, 0.6) is 11.5 Å². The first-order valence-corrected chi connectivity index (χ1v) is 6.88. The Morgan fingerprint density at radius 2 is 2.05 bits per heavy atom. The molecule has 20 heavy (non-hydrogen) atoms. The van der Waals surface area contributed by atoms with Crippen molar-refractivity contribution >= 4 is 0 Å². The summed E-state index contributed by atoms with van der Waals surface area (Å²) >= 11 is 0. The van der Waals surface area contributed by atoms with E-state index in [1.807, 2.05) is 42.5 Å². The highest BCUT2D eigenvalue weighted by Crippen LogP contribution is 2.33. The van der Waals surface area contributed by atoms with Crippen molar-refractivity contribution in [2.24, 2.45) is 11.7 Å². The van der Waals surface area contributed by atoms with Crippen molar-refractivity contribution in [2.75, 3.05) is 13.7 Å². The summed E-state index contributed by atoms with van der Waals surface area (Å²) in [5.41, 5.74) is 8.75. The molecule has 2 aromatic carbocycles. The average Bonchev–Trinajstić information content (AvgIpc) is 2.53. The molecule has 3 heteroatoms. The molecule has 3 rings (SSSR count). The lowest BCUT2D eigenvalue weighted by Crippen LogP contribution is -2.31. The van der Waals surface area contributed by atoms with Gasteiger partial charge in [0.25, 0.3) is 0 Å². The average molecular weight is 269 g/mol.